The summed E-state index contributed by atoms with van der Waals surface area (Å²) >= 11 is 11.2. The zero-order valence-corrected chi connectivity index (χ0v) is 8.65. The van der Waals surface area contributed by atoms with Gasteiger partial charge in [-0.25, -0.2) is 0 Å². The number of hydrogen-bond acceptors (Lipinski definition) is 2. The second-order valence-corrected chi connectivity index (χ2v) is 4.09. The summed E-state index contributed by atoms with van der Waals surface area (Å²) in [6.07, 6.45) is 0. The molecule has 2 atom stereocenters. The molecule has 2 N–H and O–H groups in total. The van der Waals surface area contributed by atoms with E-state index in [2.05, 4.69) is 11.8 Å². The highest BCUT2D eigenvalue weighted by Gasteiger charge is 2.26. The van der Waals surface area contributed by atoms with Crippen LogP contribution in [0.3, 0.4) is 0 Å². The lowest BCUT2D eigenvalue weighted by Crippen LogP contribution is -2.29. The summed E-state index contributed by atoms with van der Waals surface area (Å²) in [5, 5.41) is 0.679. The molecule has 0 aromatic heterocycles. The van der Waals surface area contributed by atoms with E-state index in [9.17, 15) is 0 Å². The highest BCUT2D eigenvalue weighted by atomic mass is 35.5. The number of halogens is 2. The molecule has 1 fully saturated rings. The van der Waals surface area contributed by atoms with Crippen molar-refractivity contribution >= 4 is 23.2 Å². The first-order valence-corrected chi connectivity index (χ1v) is 4.87. The lowest BCUT2D eigenvalue weighted by atomic mass is 10.1. The lowest BCUT2D eigenvalue weighted by molar-refractivity contribution is 0.360. The molecule has 0 aromatic carbocycles. The molecule has 0 aliphatic carbocycles. The summed E-state index contributed by atoms with van der Waals surface area (Å²) in [5.41, 5.74) is 7.26. The van der Waals surface area contributed by atoms with Crippen molar-refractivity contribution in [1.29, 1.82) is 0 Å². The quantitative estimate of drug-likeness (QED) is 0.748. The first-order valence-electron chi connectivity index (χ1n) is 4.06. The molecule has 2 unspecified atom stereocenters. The van der Waals surface area contributed by atoms with Crippen molar-refractivity contribution in [2.24, 2.45) is 11.7 Å². The Labute approximate surface area is 83.3 Å². The molecular weight excluding hydrogens is 195 g/mol. The van der Waals surface area contributed by atoms with E-state index in [1.807, 2.05) is 0 Å². The maximum atomic E-state index is 5.85. The van der Waals surface area contributed by atoms with Gasteiger partial charge in [-0.1, -0.05) is 30.1 Å². The summed E-state index contributed by atoms with van der Waals surface area (Å²) in [7, 11) is 0. The molecule has 0 spiro atoms. The lowest BCUT2D eigenvalue weighted by Gasteiger charge is -2.13. The van der Waals surface area contributed by atoms with Crippen molar-refractivity contribution in [2.45, 2.75) is 13.0 Å². The predicted molar refractivity (Wildman–Crippen MR) is 53.4 cm³/mol. The van der Waals surface area contributed by atoms with Crippen LogP contribution in [0, 0.1) is 5.92 Å². The highest BCUT2D eigenvalue weighted by Crippen LogP contribution is 2.17. The van der Waals surface area contributed by atoms with Crippen LogP contribution >= 0.6 is 23.2 Å². The smallest absolute Gasteiger partial charge is 0.0434 e. The average molecular weight is 209 g/mol. The van der Waals surface area contributed by atoms with E-state index in [1.54, 1.807) is 0 Å². The van der Waals surface area contributed by atoms with Gasteiger partial charge in [-0.3, -0.25) is 4.90 Å². The number of rotatable bonds is 2. The van der Waals surface area contributed by atoms with Gasteiger partial charge in [0.15, 0.2) is 0 Å². The number of nitrogens with zero attached hydrogens (tertiary/aromatic N) is 1. The van der Waals surface area contributed by atoms with Crippen molar-refractivity contribution < 1.29 is 0 Å². The topological polar surface area (TPSA) is 29.3 Å². The van der Waals surface area contributed by atoms with Crippen LogP contribution in [0.5, 0.6) is 0 Å². The largest absolute Gasteiger partial charge is 0.326 e. The van der Waals surface area contributed by atoms with Crippen molar-refractivity contribution in [3.8, 4) is 0 Å². The molecule has 1 heterocycles. The van der Waals surface area contributed by atoms with E-state index in [-0.39, 0.29) is 6.04 Å². The molecule has 0 amide bonds. The van der Waals surface area contributed by atoms with Crippen LogP contribution in [0.1, 0.15) is 6.92 Å². The van der Waals surface area contributed by atoms with Crippen LogP contribution in [-0.4, -0.2) is 30.6 Å². The van der Waals surface area contributed by atoms with E-state index >= 15 is 0 Å². The van der Waals surface area contributed by atoms with Crippen molar-refractivity contribution in [1.82, 2.24) is 4.90 Å². The first kappa shape index (κ1) is 10.3. The van der Waals surface area contributed by atoms with Gasteiger partial charge in [-0.2, -0.15) is 0 Å². The van der Waals surface area contributed by atoms with E-state index in [1.165, 1.54) is 5.54 Å². The molecule has 1 aliphatic rings. The molecule has 0 bridgehead atoms. The summed E-state index contributed by atoms with van der Waals surface area (Å²) < 4.78 is 0. The van der Waals surface area contributed by atoms with Crippen LogP contribution in [0.4, 0.5) is 0 Å². The fourth-order valence-electron chi connectivity index (χ4n) is 1.47. The normalized spacial score (nSPS) is 32.8. The second-order valence-electron chi connectivity index (χ2n) is 3.39. The van der Waals surface area contributed by atoms with Gasteiger partial charge in [-0.05, 0) is 5.92 Å². The van der Waals surface area contributed by atoms with Crippen molar-refractivity contribution in [2.75, 3.05) is 19.6 Å². The monoisotopic (exact) mass is 208 g/mol. The minimum Gasteiger partial charge on any atom is -0.326 e. The zero-order chi connectivity index (χ0) is 9.14. The maximum absolute atomic E-state index is 5.85. The van der Waals surface area contributed by atoms with Gasteiger partial charge in [0, 0.05) is 36.2 Å². The molecule has 2 nitrogen and oxygen atoms in total. The summed E-state index contributed by atoms with van der Waals surface area (Å²) in [6, 6.07) is 0.282. The Morgan fingerprint density at radius 1 is 1.67 bits per heavy atom. The average Bonchev–Trinajstić information content (AvgIpc) is 2.31. The number of likely N-dealkylation sites (tertiary alicyclic amines) is 1. The molecule has 1 rings (SSSR count). The standard InChI is InChI=1S/C8H14Cl2N2/c1-6-3-12(5-8(6)11)4-7(10)2-9/h2,6,8H,3-5,11H2,1H3. The van der Waals surface area contributed by atoms with Crippen molar-refractivity contribution in [3.63, 3.8) is 0 Å². The third-order valence-electron chi connectivity index (χ3n) is 2.24. The molecular formula is C8H14Cl2N2. The first-order chi connectivity index (χ1) is 5.63. The third kappa shape index (κ3) is 2.63. The Morgan fingerprint density at radius 3 is 2.75 bits per heavy atom. The summed E-state index contributed by atoms with van der Waals surface area (Å²) in [6.45, 7) is 4.82. The van der Waals surface area contributed by atoms with Crippen LogP contribution in [0.15, 0.2) is 10.6 Å². The van der Waals surface area contributed by atoms with Gasteiger partial charge in [0.05, 0.1) is 0 Å². The molecule has 4 heteroatoms. The molecule has 1 saturated heterocycles. The van der Waals surface area contributed by atoms with Crippen LogP contribution in [0.25, 0.3) is 0 Å². The van der Waals surface area contributed by atoms with Gasteiger partial charge in [0.25, 0.3) is 0 Å². The SMILES string of the molecule is CC1CN(CC(Cl)=CCl)CC1N. The van der Waals surface area contributed by atoms with E-state index < -0.39 is 0 Å². The molecule has 70 valence electrons. The molecule has 1 aliphatic heterocycles. The Kier molecular flexibility index (Phi) is 3.84. The molecule has 12 heavy (non-hydrogen) atoms. The second kappa shape index (κ2) is 4.47. The molecule has 0 radical (unpaired) electrons. The third-order valence-corrected chi connectivity index (χ3v) is 2.84. The van der Waals surface area contributed by atoms with Crippen molar-refractivity contribution in [3.05, 3.63) is 10.6 Å². The van der Waals surface area contributed by atoms with Gasteiger partial charge >= 0.3 is 0 Å². The molecule has 0 aromatic rings. The van der Waals surface area contributed by atoms with E-state index in [0.717, 1.165) is 19.6 Å². The zero-order valence-electron chi connectivity index (χ0n) is 7.13. The molecule has 0 saturated carbocycles. The Morgan fingerprint density at radius 2 is 2.33 bits per heavy atom. The Bertz CT molecular complexity index is 172. The maximum Gasteiger partial charge on any atom is 0.0434 e. The van der Waals surface area contributed by atoms with Crippen LogP contribution in [0.2, 0.25) is 0 Å². The fraction of sp³-hybridized carbons (Fsp3) is 0.750. The van der Waals surface area contributed by atoms with Gasteiger partial charge in [0.1, 0.15) is 0 Å². The van der Waals surface area contributed by atoms with Gasteiger partial charge in [-0.15, -0.1) is 0 Å². The van der Waals surface area contributed by atoms with Gasteiger partial charge in [0.2, 0.25) is 0 Å². The summed E-state index contributed by atoms with van der Waals surface area (Å²) in [4.78, 5) is 2.22. The predicted octanol–water partition coefficient (Wildman–Crippen LogP) is 1.58. The van der Waals surface area contributed by atoms with E-state index in [4.69, 9.17) is 28.9 Å². The van der Waals surface area contributed by atoms with Crippen LogP contribution < -0.4 is 5.73 Å². The highest BCUT2D eigenvalue weighted by molar-refractivity contribution is 6.36. The fourth-order valence-corrected chi connectivity index (χ4v) is 1.71. The number of nitrogens with two attached hydrogens (primary N) is 1. The van der Waals surface area contributed by atoms with Crippen LogP contribution in [-0.2, 0) is 0 Å². The Hall–Kier alpha value is 0.240. The van der Waals surface area contributed by atoms with Gasteiger partial charge < -0.3 is 5.73 Å². The minimum atomic E-state index is 0.282. The minimum absolute atomic E-state index is 0.282. The Balaban J connectivity index is 2.37. The number of hydrogen-bond donors (Lipinski definition) is 1. The van der Waals surface area contributed by atoms with E-state index in [0.29, 0.717) is 11.0 Å². The summed E-state index contributed by atoms with van der Waals surface area (Å²) in [5.74, 6) is 0.560.